The molecule has 0 aliphatic rings. The quantitative estimate of drug-likeness (QED) is 0.792. The number of aromatic nitrogens is 3. The predicted molar refractivity (Wildman–Crippen MR) is 54.8 cm³/mol. The highest BCUT2D eigenvalue weighted by Gasteiger charge is 1.98. The first-order chi connectivity index (χ1) is 6.86. The molecule has 1 aromatic heterocycles. The molecule has 0 amide bonds. The lowest BCUT2D eigenvalue weighted by atomic mass is 10.3. The Morgan fingerprint density at radius 2 is 2.07 bits per heavy atom. The van der Waals surface area contributed by atoms with Gasteiger partial charge in [-0.05, 0) is 12.1 Å². The molecule has 0 atom stereocenters. The predicted octanol–water partition coefficient (Wildman–Crippen LogP) is 1.43. The monoisotopic (exact) mass is 188 g/mol. The summed E-state index contributed by atoms with van der Waals surface area (Å²) in [6.07, 6.45) is 1.70. The van der Waals surface area contributed by atoms with Crippen LogP contribution in [0.3, 0.4) is 0 Å². The van der Waals surface area contributed by atoms with Crippen molar-refractivity contribution in [2.24, 2.45) is 7.05 Å². The van der Waals surface area contributed by atoms with E-state index in [-0.39, 0.29) is 0 Å². The van der Waals surface area contributed by atoms with Gasteiger partial charge in [0.05, 0.1) is 6.54 Å². The molecule has 0 saturated heterocycles. The van der Waals surface area contributed by atoms with E-state index in [0.717, 1.165) is 11.5 Å². The van der Waals surface area contributed by atoms with Crippen molar-refractivity contribution in [3.05, 3.63) is 42.5 Å². The molecule has 1 heterocycles. The van der Waals surface area contributed by atoms with Gasteiger partial charge < -0.3 is 9.88 Å². The van der Waals surface area contributed by atoms with E-state index in [9.17, 15) is 0 Å². The number of rotatable bonds is 3. The van der Waals surface area contributed by atoms with Crippen LogP contribution < -0.4 is 5.32 Å². The van der Waals surface area contributed by atoms with Crippen molar-refractivity contribution in [1.82, 2.24) is 14.8 Å². The number of hydrogen-bond acceptors (Lipinski definition) is 3. The molecule has 72 valence electrons. The van der Waals surface area contributed by atoms with Gasteiger partial charge in [0, 0.05) is 12.7 Å². The normalized spacial score (nSPS) is 10.1. The minimum absolute atomic E-state index is 0.695. The second kappa shape index (κ2) is 3.91. The fraction of sp³-hybridized carbons (Fsp3) is 0.200. The average Bonchev–Trinajstić information content (AvgIpc) is 2.63. The zero-order chi connectivity index (χ0) is 9.80. The van der Waals surface area contributed by atoms with Crippen LogP contribution in [0.25, 0.3) is 0 Å². The summed E-state index contributed by atoms with van der Waals surface area (Å²) in [5.41, 5.74) is 1.09. The van der Waals surface area contributed by atoms with Crippen molar-refractivity contribution >= 4 is 5.69 Å². The number of aryl methyl sites for hydroxylation is 1. The molecule has 1 N–H and O–H groups in total. The summed E-state index contributed by atoms with van der Waals surface area (Å²) < 4.78 is 1.90. The van der Waals surface area contributed by atoms with Crippen molar-refractivity contribution in [1.29, 1.82) is 0 Å². The summed E-state index contributed by atoms with van der Waals surface area (Å²) in [7, 11) is 1.93. The van der Waals surface area contributed by atoms with Gasteiger partial charge in [-0.2, -0.15) is 0 Å². The summed E-state index contributed by atoms with van der Waals surface area (Å²) in [6.45, 7) is 0.695. The van der Waals surface area contributed by atoms with Crippen LogP contribution in [0.5, 0.6) is 0 Å². The second-order valence-corrected chi connectivity index (χ2v) is 3.08. The number of anilines is 1. The fourth-order valence-electron chi connectivity index (χ4n) is 1.20. The third-order valence-electron chi connectivity index (χ3n) is 2.03. The fourth-order valence-corrected chi connectivity index (χ4v) is 1.20. The highest BCUT2D eigenvalue weighted by Crippen LogP contribution is 2.06. The third-order valence-corrected chi connectivity index (χ3v) is 2.03. The SMILES string of the molecule is Cn1cnnc1CNc1ccccc1. The molecule has 4 heteroatoms. The van der Waals surface area contributed by atoms with E-state index in [1.165, 1.54) is 0 Å². The molecule has 0 aliphatic heterocycles. The van der Waals surface area contributed by atoms with Crippen molar-refractivity contribution in [2.45, 2.75) is 6.54 Å². The van der Waals surface area contributed by atoms with Crippen molar-refractivity contribution in [3.8, 4) is 0 Å². The minimum atomic E-state index is 0.695. The van der Waals surface area contributed by atoms with Gasteiger partial charge in [-0.1, -0.05) is 18.2 Å². The molecule has 4 nitrogen and oxygen atoms in total. The first-order valence-corrected chi connectivity index (χ1v) is 4.48. The highest BCUT2D eigenvalue weighted by molar-refractivity contribution is 5.42. The minimum Gasteiger partial charge on any atom is -0.378 e. The van der Waals surface area contributed by atoms with Gasteiger partial charge in [0.1, 0.15) is 6.33 Å². The molecule has 0 bridgehead atoms. The number of nitrogens with zero attached hydrogens (tertiary/aromatic N) is 3. The van der Waals surface area contributed by atoms with Crippen LogP contribution in [0.1, 0.15) is 5.82 Å². The van der Waals surface area contributed by atoms with Crippen molar-refractivity contribution in [2.75, 3.05) is 5.32 Å². The Hall–Kier alpha value is -1.84. The molecule has 0 saturated carbocycles. The lowest BCUT2D eigenvalue weighted by Crippen LogP contribution is -2.05. The lowest BCUT2D eigenvalue weighted by molar-refractivity contribution is 0.812. The second-order valence-electron chi connectivity index (χ2n) is 3.08. The van der Waals surface area contributed by atoms with E-state index in [4.69, 9.17) is 0 Å². The van der Waals surface area contributed by atoms with Gasteiger partial charge >= 0.3 is 0 Å². The maximum absolute atomic E-state index is 3.98. The van der Waals surface area contributed by atoms with Gasteiger partial charge in [-0.25, -0.2) is 0 Å². The number of nitrogens with one attached hydrogen (secondary N) is 1. The van der Waals surface area contributed by atoms with Crippen LogP contribution in [0.2, 0.25) is 0 Å². The Morgan fingerprint density at radius 1 is 1.29 bits per heavy atom. The molecule has 0 unspecified atom stereocenters. The molecule has 14 heavy (non-hydrogen) atoms. The van der Waals surface area contributed by atoms with E-state index < -0.39 is 0 Å². The number of para-hydroxylation sites is 1. The molecule has 1 aromatic carbocycles. The Bertz CT molecular complexity index is 394. The largest absolute Gasteiger partial charge is 0.378 e. The number of benzene rings is 1. The number of hydrogen-bond donors (Lipinski definition) is 1. The van der Waals surface area contributed by atoms with E-state index >= 15 is 0 Å². The van der Waals surface area contributed by atoms with E-state index in [2.05, 4.69) is 15.5 Å². The van der Waals surface area contributed by atoms with Crippen LogP contribution in [0.4, 0.5) is 5.69 Å². The van der Waals surface area contributed by atoms with E-state index in [1.807, 2.05) is 41.9 Å². The molecule has 2 rings (SSSR count). The van der Waals surface area contributed by atoms with Crippen molar-refractivity contribution in [3.63, 3.8) is 0 Å². The van der Waals surface area contributed by atoms with Gasteiger partial charge in [-0.15, -0.1) is 10.2 Å². The van der Waals surface area contributed by atoms with Crippen LogP contribution in [0.15, 0.2) is 36.7 Å². The summed E-state index contributed by atoms with van der Waals surface area (Å²) in [4.78, 5) is 0. The summed E-state index contributed by atoms with van der Waals surface area (Å²) in [5.74, 6) is 0.925. The van der Waals surface area contributed by atoms with Crippen molar-refractivity contribution < 1.29 is 0 Å². The maximum atomic E-state index is 3.98. The van der Waals surface area contributed by atoms with Crippen LogP contribution in [-0.4, -0.2) is 14.8 Å². The molecule has 0 radical (unpaired) electrons. The highest BCUT2D eigenvalue weighted by atomic mass is 15.3. The molecule has 0 aliphatic carbocycles. The van der Waals surface area contributed by atoms with Crippen LogP contribution in [0, 0.1) is 0 Å². The molecular weight excluding hydrogens is 176 g/mol. The molecule has 0 spiro atoms. The molecule has 2 aromatic rings. The zero-order valence-electron chi connectivity index (χ0n) is 8.01. The van der Waals surface area contributed by atoms with E-state index in [0.29, 0.717) is 6.54 Å². The van der Waals surface area contributed by atoms with Gasteiger partial charge in [0.25, 0.3) is 0 Å². The van der Waals surface area contributed by atoms with Crippen LogP contribution in [-0.2, 0) is 13.6 Å². The smallest absolute Gasteiger partial charge is 0.151 e. The Morgan fingerprint density at radius 3 is 2.71 bits per heavy atom. The first kappa shape index (κ1) is 8.74. The van der Waals surface area contributed by atoms with Gasteiger partial charge in [0.2, 0.25) is 0 Å². The summed E-state index contributed by atoms with van der Waals surface area (Å²) in [6, 6.07) is 10.0. The van der Waals surface area contributed by atoms with E-state index in [1.54, 1.807) is 6.33 Å². The lowest BCUT2D eigenvalue weighted by Gasteiger charge is -2.04. The zero-order valence-corrected chi connectivity index (χ0v) is 8.01. The van der Waals surface area contributed by atoms with Gasteiger partial charge in [0.15, 0.2) is 5.82 Å². The Labute approximate surface area is 82.6 Å². The Balaban J connectivity index is 1.99. The third kappa shape index (κ3) is 1.90. The summed E-state index contributed by atoms with van der Waals surface area (Å²) >= 11 is 0. The molecule has 0 fully saturated rings. The maximum Gasteiger partial charge on any atom is 0.151 e. The molecular formula is C10H12N4. The van der Waals surface area contributed by atoms with Crippen LogP contribution >= 0.6 is 0 Å². The topological polar surface area (TPSA) is 42.7 Å². The first-order valence-electron chi connectivity index (χ1n) is 4.48. The average molecular weight is 188 g/mol. The standard InChI is InChI=1S/C10H12N4/c1-14-8-12-13-10(14)7-11-9-5-3-2-4-6-9/h2-6,8,11H,7H2,1H3. The Kier molecular flexibility index (Phi) is 2.44. The summed E-state index contributed by atoms with van der Waals surface area (Å²) in [5, 5.41) is 11.1. The van der Waals surface area contributed by atoms with Gasteiger partial charge in [-0.3, -0.25) is 0 Å².